The van der Waals surface area contributed by atoms with E-state index < -0.39 is 5.97 Å². The SMILES string of the molecule is Cc1cc(C(=O)O)c(C)n1-c1cccc2cc(Br)cnc12. The van der Waals surface area contributed by atoms with Crippen LogP contribution in [0.25, 0.3) is 16.6 Å². The van der Waals surface area contributed by atoms with Gasteiger partial charge < -0.3 is 9.67 Å². The zero-order chi connectivity index (χ0) is 15.1. The van der Waals surface area contributed by atoms with Crippen LogP contribution in [0.2, 0.25) is 0 Å². The Labute approximate surface area is 130 Å². The Morgan fingerprint density at radius 3 is 2.71 bits per heavy atom. The first-order valence-electron chi connectivity index (χ1n) is 6.46. The molecule has 0 saturated heterocycles. The molecule has 0 radical (unpaired) electrons. The number of fused-ring (bicyclic) bond motifs is 1. The molecule has 4 nitrogen and oxygen atoms in total. The van der Waals surface area contributed by atoms with Crippen LogP contribution in [0.3, 0.4) is 0 Å². The monoisotopic (exact) mass is 344 g/mol. The van der Waals surface area contributed by atoms with Gasteiger partial charge in [0.2, 0.25) is 0 Å². The lowest BCUT2D eigenvalue weighted by Gasteiger charge is -2.12. The number of aromatic carboxylic acids is 1. The molecule has 0 aliphatic rings. The number of rotatable bonds is 2. The van der Waals surface area contributed by atoms with E-state index in [1.807, 2.05) is 42.7 Å². The van der Waals surface area contributed by atoms with Crippen molar-refractivity contribution in [3.63, 3.8) is 0 Å². The highest BCUT2D eigenvalue weighted by molar-refractivity contribution is 9.10. The lowest BCUT2D eigenvalue weighted by atomic mass is 10.2. The zero-order valence-electron chi connectivity index (χ0n) is 11.6. The molecular formula is C16H13BrN2O2. The second kappa shape index (κ2) is 5.00. The maximum Gasteiger partial charge on any atom is 0.337 e. The number of hydrogen-bond acceptors (Lipinski definition) is 2. The average Bonchev–Trinajstić information content (AvgIpc) is 2.73. The molecule has 0 spiro atoms. The number of benzene rings is 1. The van der Waals surface area contributed by atoms with Gasteiger partial charge in [-0.1, -0.05) is 12.1 Å². The highest BCUT2D eigenvalue weighted by atomic mass is 79.9. The third kappa shape index (κ3) is 2.23. The van der Waals surface area contributed by atoms with Gasteiger partial charge >= 0.3 is 5.97 Å². The number of carboxylic acids is 1. The van der Waals surface area contributed by atoms with Gasteiger partial charge in [-0.2, -0.15) is 0 Å². The molecule has 3 rings (SSSR count). The van der Waals surface area contributed by atoms with E-state index in [-0.39, 0.29) is 0 Å². The summed E-state index contributed by atoms with van der Waals surface area (Å²) in [4.78, 5) is 15.8. The summed E-state index contributed by atoms with van der Waals surface area (Å²) in [6.45, 7) is 3.71. The van der Waals surface area contributed by atoms with E-state index >= 15 is 0 Å². The first-order valence-corrected chi connectivity index (χ1v) is 7.25. The first-order chi connectivity index (χ1) is 9.99. The maximum atomic E-state index is 11.3. The lowest BCUT2D eigenvalue weighted by molar-refractivity contribution is 0.0696. The van der Waals surface area contributed by atoms with Crippen molar-refractivity contribution in [2.24, 2.45) is 0 Å². The third-order valence-electron chi connectivity index (χ3n) is 3.56. The molecule has 0 aliphatic carbocycles. The van der Waals surface area contributed by atoms with Crippen LogP contribution < -0.4 is 0 Å². The number of aromatic nitrogens is 2. The van der Waals surface area contributed by atoms with Crippen LogP contribution in [0.4, 0.5) is 0 Å². The van der Waals surface area contributed by atoms with Crippen molar-refractivity contribution in [2.45, 2.75) is 13.8 Å². The van der Waals surface area contributed by atoms with Gasteiger partial charge in [-0.3, -0.25) is 4.98 Å². The number of hydrogen-bond donors (Lipinski definition) is 1. The molecule has 0 aliphatic heterocycles. The summed E-state index contributed by atoms with van der Waals surface area (Å²) in [6.07, 6.45) is 1.75. The Balaban J connectivity index is 2.33. The predicted molar refractivity (Wildman–Crippen MR) is 85.2 cm³/mol. The van der Waals surface area contributed by atoms with E-state index in [9.17, 15) is 9.90 Å². The number of nitrogens with zero attached hydrogens (tertiary/aromatic N) is 2. The summed E-state index contributed by atoms with van der Waals surface area (Å²) in [7, 11) is 0. The van der Waals surface area contributed by atoms with Crippen molar-refractivity contribution in [2.75, 3.05) is 0 Å². The molecule has 5 heteroatoms. The Hall–Kier alpha value is -2.14. The van der Waals surface area contributed by atoms with Gasteiger partial charge in [-0.25, -0.2) is 4.79 Å². The fourth-order valence-corrected chi connectivity index (χ4v) is 3.00. The van der Waals surface area contributed by atoms with E-state index in [1.54, 1.807) is 12.3 Å². The van der Waals surface area contributed by atoms with Gasteiger partial charge in [0, 0.05) is 27.4 Å². The van der Waals surface area contributed by atoms with Crippen LogP contribution >= 0.6 is 15.9 Å². The molecule has 21 heavy (non-hydrogen) atoms. The molecule has 0 unspecified atom stereocenters. The number of carbonyl (C=O) groups is 1. The maximum absolute atomic E-state index is 11.3. The van der Waals surface area contributed by atoms with Crippen molar-refractivity contribution in [1.82, 2.24) is 9.55 Å². The van der Waals surface area contributed by atoms with Gasteiger partial charge in [0.05, 0.1) is 16.8 Å². The number of halogens is 1. The fraction of sp³-hybridized carbons (Fsp3) is 0.125. The number of para-hydroxylation sites is 1. The van der Waals surface area contributed by atoms with Gasteiger partial charge in [0.25, 0.3) is 0 Å². The van der Waals surface area contributed by atoms with E-state index in [0.717, 1.165) is 26.8 Å². The number of carboxylic acid groups (broad SMARTS) is 1. The molecule has 2 aromatic heterocycles. The first kappa shape index (κ1) is 13.8. The fourth-order valence-electron chi connectivity index (χ4n) is 2.65. The molecule has 0 atom stereocenters. The molecule has 0 saturated carbocycles. The predicted octanol–water partition coefficient (Wildman–Crippen LogP) is 4.10. The van der Waals surface area contributed by atoms with E-state index in [2.05, 4.69) is 20.9 Å². The lowest BCUT2D eigenvalue weighted by Crippen LogP contribution is -2.03. The van der Waals surface area contributed by atoms with Crippen LogP contribution in [0.1, 0.15) is 21.7 Å². The summed E-state index contributed by atoms with van der Waals surface area (Å²) in [5.74, 6) is -0.912. The summed E-state index contributed by atoms with van der Waals surface area (Å²) >= 11 is 3.42. The molecule has 0 fully saturated rings. The molecule has 0 amide bonds. The standard InChI is InChI=1S/C16H13BrN2O2/c1-9-6-13(16(20)21)10(2)19(9)14-5-3-4-11-7-12(17)8-18-15(11)14/h3-8H,1-2H3,(H,20,21). The minimum Gasteiger partial charge on any atom is -0.478 e. The summed E-state index contributed by atoms with van der Waals surface area (Å²) < 4.78 is 2.85. The van der Waals surface area contributed by atoms with Crippen molar-refractivity contribution >= 4 is 32.8 Å². The second-order valence-corrected chi connectivity index (χ2v) is 5.84. The van der Waals surface area contributed by atoms with Crippen LogP contribution in [-0.2, 0) is 0 Å². The molecule has 2 heterocycles. The minimum atomic E-state index is -0.912. The molecule has 106 valence electrons. The van der Waals surface area contributed by atoms with Gasteiger partial charge in [-0.05, 0) is 48.0 Å². The van der Waals surface area contributed by atoms with Crippen LogP contribution in [-0.4, -0.2) is 20.6 Å². The summed E-state index contributed by atoms with van der Waals surface area (Å²) in [5, 5.41) is 10.3. The Morgan fingerprint density at radius 1 is 1.29 bits per heavy atom. The highest BCUT2D eigenvalue weighted by Crippen LogP contribution is 2.27. The second-order valence-electron chi connectivity index (χ2n) is 4.93. The smallest absolute Gasteiger partial charge is 0.337 e. The van der Waals surface area contributed by atoms with Gasteiger partial charge in [0.1, 0.15) is 0 Å². The van der Waals surface area contributed by atoms with Crippen molar-refractivity contribution in [1.29, 1.82) is 0 Å². The average molecular weight is 345 g/mol. The molecular weight excluding hydrogens is 332 g/mol. The number of pyridine rings is 1. The summed E-state index contributed by atoms with van der Waals surface area (Å²) in [6, 6.07) is 9.58. The minimum absolute atomic E-state index is 0.321. The Morgan fingerprint density at radius 2 is 2.05 bits per heavy atom. The van der Waals surface area contributed by atoms with Gasteiger partial charge in [0.15, 0.2) is 0 Å². The van der Waals surface area contributed by atoms with Gasteiger partial charge in [-0.15, -0.1) is 0 Å². The Bertz CT molecular complexity index is 868. The quantitative estimate of drug-likeness (QED) is 0.761. The molecule has 3 aromatic rings. The van der Waals surface area contributed by atoms with Crippen LogP contribution in [0.5, 0.6) is 0 Å². The van der Waals surface area contributed by atoms with E-state index in [1.165, 1.54) is 0 Å². The molecule has 1 N–H and O–H groups in total. The Kier molecular flexibility index (Phi) is 3.29. The van der Waals surface area contributed by atoms with Crippen molar-refractivity contribution in [3.8, 4) is 5.69 Å². The van der Waals surface area contributed by atoms with E-state index in [4.69, 9.17) is 0 Å². The van der Waals surface area contributed by atoms with Crippen molar-refractivity contribution < 1.29 is 9.90 Å². The normalized spacial score (nSPS) is 11.0. The van der Waals surface area contributed by atoms with Crippen LogP contribution in [0, 0.1) is 13.8 Å². The largest absolute Gasteiger partial charge is 0.478 e. The molecule has 0 bridgehead atoms. The zero-order valence-corrected chi connectivity index (χ0v) is 13.2. The number of aryl methyl sites for hydroxylation is 1. The van der Waals surface area contributed by atoms with Crippen molar-refractivity contribution in [3.05, 3.63) is 58.0 Å². The third-order valence-corrected chi connectivity index (χ3v) is 3.99. The topological polar surface area (TPSA) is 55.1 Å². The summed E-state index contributed by atoms with van der Waals surface area (Å²) in [5.41, 5.74) is 3.64. The van der Waals surface area contributed by atoms with E-state index in [0.29, 0.717) is 11.3 Å². The molecule has 1 aromatic carbocycles. The highest BCUT2D eigenvalue weighted by Gasteiger charge is 2.17. The van der Waals surface area contributed by atoms with Crippen LogP contribution in [0.15, 0.2) is 41.0 Å².